The molecule has 4 nitrogen and oxygen atoms in total. The molecule has 1 aliphatic heterocycles. The lowest BCUT2D eigenvalue weighted by Gasteiger charge is -2.24. The largest absolute Gasteiger partial charge is 0.315 e. The molecule has 0 saturated carbocycles. The van der Waals surface area contributed by atoms with Gasteiger partial charge in [0.2, 0.25) is 0 Å². The number of fused-ring (bicyclic) bond motifs is 1. The lowest BCUT2D eigenvalue weighted by atomic mass is 9.98. The third kappa shape index (κ3) is 3.56. The van der Waals surface area contributed by atoms with Crippen molar-refractivity contribution in [2.24, 2.45) is 5.92 Å². The van der Waals surface area contributed by atoms with Crippen molar-refractivity contribution in [2.45, 2.75) is 39.8 Å². The molecule has 134 valence electrons. The molecule has 0 amide bonds. The van der Waals surface area contributed by atoms with E-state index in [0.717, 1.165) is 37.7 Å². The van der Waals surface area contributed by atoms with Gasteiger partial charge in [-0.2, -0.15) is 0 Å². The molecule has 0 unspecified atom stereocenters. The van der Waals surface area contributed by atoms with E-state index in [1.54, 1.807) is 0 Å². The average Bonchev–Trinajstić information content (AvgIpc) is 3.03. The van der Waals surface area contributed by atoms with Crippen molar-refractivity contribution in [3.63, 3.8) is 0 Å². The molecule has 4 heteroatoms. The van der Waals surface area contributed by atoms with Crippen LogP contribution in [0.25, 0.3) is 11.1 Å². The summed E-state index contributed by atoms with van der Waals surface area (Å²) in [5, 5.41) is 12.1. The summed E-state index contributed by atoms with van der Waals surface area (Å²) >= 11 is 0. The summed E-state index contributed by atoms with van der Waals surface area (Å²) in [6, 6.07) is 17.4. The molecule has 2 heterocycles. The number of benzene rings is 2. The molecule has 1 aliphatic rings. The maximum absolute atomic E-state index is 4.26. The van der Waals surface area contributed by atoms with Crippen molar-refractivity contribution in [3.8, 4) is 11.1 Å². The quantitative estimate of drug-likeness (QED) is 0.761. The van der Waals surface area contributed by atoms with E-state index in [1.807, 2.05) is 6.92 Å². The number of rotatable bonds is 5. The molecule has 1 N–H and O–H groups in total. The topological polar surface area (TPSA) is 42.7 Å². The molecule has 0 saturated heterocycles. The maximum Gasteiger partial charge on any atom is 0.133 e. The zero-order chi connectivity index (χ0) is 17.9. The first-order valence-corrected chi connectivity index (χ1v) is 9.45. The first-order valence-electron chi connectivity index (χ1n) is 9.45. The fourth-order valence-corrected chi connectivity index (χ4v) is 3.86. The molecule has 3 aromatic rings. The Morgan fingerprint density at radius 3 is 2.85 bits per heavy atom. The van der Waals surface area contributed by atoms with Crippen LogP contribution in [0.1, 0.15) is 29.2 Å². The van der Waals surface area contributed by atoms with E-state index in [2.05, 4.69) is 75.5 Å². The van der Waals surface area contributed by atoms with E-state index in [9.17, 15) is 0 Å². The van der Waals surface area contributed by atoms with Gasteiger partial charge in [-0.05, 0) is 61.1 Å². The maximum atomic E-state index is 4.26. The molecule has 0 fully saturated rings. The van der Waals surface area contributed by atoms with Gasteiger partial charge in [-0.1, -0.05) is 42.5 Å². The molecule has 0 spiro atoms. The second-order valence-electron chi connectivity index (χ2n) is 7.32. The van der Waals surface area contributed by atoms with Gasteiger partial charge in [0, 0.05) is 19.5 Å². The number of nitrogens with one attached hydrogen (secondary N) is 1. The van der Waals surface area contributed by atoms with E-state index in [4.69, 9.17) is 0 Å². The number of hydrogen-bond donors (Lipinski definition) is 1. The van der Waals surface area contributed by atoms with Gasteiger partial charge in [0.25, 0.3) is 0 Å². The summed E-state index contributed by atoms with van der Waals surface area (Å²) in [4.78, 5) is 0. The van der Waals surface area contributed by atoms with Gasteiger partial charge in [-0.3, -0.25) is 0 Å². The molecular weight excluding hydrogens is 320 g/mol. The van der Waals surface area contributed by atoms with Gasteiger partial charge < -0.3 is 9.88 Å². The first kappa shape index (κ1) is 17.0. The van der Waals surface area contributed by atoms with Crippen LogP contribution in [0.3, 0.4) is 0 Å². The number of aromatic nitrogens is 3. The minimum absolute atomic E-state index is 0.650. The van der Waals surface area contributed by atoms with Gasteiger partial charge in [0.05, 0.1) is 0 Å². The van der Waals surface area contributed by atoms with Crippen molar-refractivity contribution in [1.29, 1.82) is 0 Å². The third-order valence-corrected chi connectivity index (χ3v) is 5.37. The summed E-state index contributed by atoms with van der Waals surface area (Å²) in [7, 11) is 0. The van der Waals surface area contributed by atoms with Crippen molar-refractivity contribution in [3.05, 3.63) is 71.3 Å². The predicted molar refractivity (Wildman–Crippen MR) is 105 cm³/mol. The van der Waals surface area contributed by atoms with E-state index >= 15 is 0 Å². The number of hydrogen-bond acceptors (Lipinski definition) is 3. The smallest absolute Gasteiger partial charge is 0.133 e. The van der Waals surface area contributed by atoms with Crippen molar-refractivity contribution >= 4 is 0 Å². The first-order chi connectivity index (χ1) is 12.7. The standard InChI is InChI=1S/C22H26N4/c1-16-6-3-4-9-21(16)20-8-5-7-18(12-20)13-23-14-19-10-11-22-25-24-17(2)26(22)15-19/h3-9,12,19,23H,10-11,13-15H2,1-2H3/t19-/m1/s1. The monoisotopic (exact) mass is 346 g/mol. The van der Waals surface area contributed by atoms with Crippen LogP contribution < -0.4 is 5.32 Å². The predicted octanol–water partition coefficient (Wildman–Crippen LogP) is 3.91. The van der Waals surface area contributed by atoms with Crippen LogP contribution in [-0.2, 0) is 19.5 Å². The summed E-state index contributed by atoms with van der Waals surface area (Å²) in [6.07, 6.45) is 2.23. The highest BCUT2D eigenvalue weighted by molar-refractivity contribution is 5.67. The minimum atomic E-state index is 0.650. The zero-order valence-corrected chi connectivity index (χ0v) is 15.6. The summed E-state index contributed by atoms with van der Waals surface area (Å²) in [5.74, 6) is 2.83. The molecule has 1 aromatic heterocycles. The molecule has 0 aliphatic carbocycles. The SMILES string of the molecule is Cc1ccccc1-c1cccc(CNC[C@H]2CCc3nnc(C)n3C2)c1. The lowest BCUT2D eigenvalue weighted by Crippen LogP contribution is -2.30. The second kappa shape index (κ2) is 7.42. The Morgan fingerprint density at radius 2 is 1.96 bits per heavy atom. The lowest BCUT2D eigenvalue weighted by molar-refractivity contribution is 0.344. The van der Waals surface area contributed by atoms with E-state index < -0.39 is 0 Å². The van der Waals surface area contributed by atoms with Crippen LogP contribution in [0.15, 0.2) is 48.5 Å². The Morgan fingerprint density at radius 1 is 1.08 bits per heavy atom. The average molecular weight is 346 g/mol. The van der Waals surface area contributed by atoms with Gasteiger partial charge >= 0.3 is 0 Å². The second-order valence-corrected chi connectivity index (χ2v) is 7.32. The Kier molecular flexibility index (Phi) is 4.85. The fourth-order valence-electron chi connectivity index (χ4n) is 3.86. The highest BCUT2D eigenvalue weighted by Crippen LogP contribution is 2.24. The Labute approximate surface area is 155 Å². The van der Waals surface area contributed by atoms with Gasteiger partial charge in [-0.15, -0.1) is 10.2 Å². The molecule has 2 aromatic carbocycles. The molecule has 0 radical (unpaired) electrons. The van der Waals surface area contributed by atoms with Gasteiger partial charge in [0.1, 0.15) is 11.6 Å². The van der Waals surface area contributed by atoms with Crippen molar-refractivity contribution in [2.75, 3.05) is 6.54 Å². The van der Waals surface area contributed by atoms with E-state index in [-0.39, 0.29) is 0 Å². The van der Waals surface area contributed by atoms with E-state index in [1.165, 1.54) is 28.7 Å². The fraction of sp³-hybridized carbons (Fsp3) is 0.364. The molecular formula is C22H26N4. The normalized spacial score (nSPS) is 16.5. The highest BCUT2D eigenvalue weighted by Gasteiger charge is 2.21. The molecule has 0 bridgehead atoms. The molecule has 4 rings (SSSR count). The number of aryl methyl sites for hydroxylation is 3. The third-order valence-electron chi connectivity index (χ3n) is 5.37. The molecule has 1 atom stereocenters. The Balaban J connectivity index is 1.37. The van der Waals surface area contributed by atoms with Crippen LogP contribution >= 0.6 is 0 Å². The van der Waals surface area contributed by atoms with Crippen molar-refractivity contribution < 1.29 is 0 Å². The Bertz CT molecular complexity index is 897. The van der Waals surface area contributed by atoms with Crippen LogP contribution in [0.4, 0.5) is 0 Å². The summed E-state index contributed by atoms with van der Waals surface area (Å²) < 4.78 is 2.27. The highest BCUT2D eigenvalue weighted by atomic mass is 15.3. The van der Waals surface area contributed by atoms with Gasteiger partial charge in [0.15, 0.2) is 0 Å². The zero-order valence-electron chi connectivity index (χ0n) is 15.6. The summed E-state index contributed by atoms with van der Waals surface area (Å²) in [6.45, 7) is 7.19. The Hall–Kier alpha value is -2.46. The summed E-state index contributed by atoms with van der Waals surface area (Å²) in [5.41, 5.74) is 5.27. The number of nitrogens with zero attached hydrogens (tertiary/aromatic N) is 3. The van der Waals surface area contributed by atoms with E-state index in [0.29, 0.717) is 5.92 Å². The van der Waals surface area contributed by atoms with Crippen LogP contribution in [0.5, 0.6) is 0 Å². The van der Waals surface area contributed by atoms with Crippen LogP contribution in [0.2, 0.25) is 0 Å². The molecule has 26 heavy (non-hydrogen) atoms. The minimum Gasteiger partial charge on any atom is -0.315 e. The van der Waals surface area contributed by atoms with Crippen LogP contribution in [-0.4, -0.2) is 21.3 Å². The van der Waals surface area contributed by atoms with Crippen molar-refractivity contribution in [1.82, 2.24) is 20.1 Å². The van der Waals surface area contributed by atoms with Crippen LogP contribution in [0, 0.1) is 19.8 Å². The van der Waals surface area contributed by atoms with Gasteiger partial charge in [-0.25, -0.2) is 0 Å².